The second kappa shape index (κ2) is 31.6. The first-order valence-electron chi connectivity index (χ1n) is 29.2. The van der Waals surface area contributed by atoms with Gasteiger partial charge in [-0.3, -0.25) is 19.2 Å². The molecule has 0 saturated heterocycles. The molecule has 458 valence electrons. The van der Waals surface area contributed by atoms with Gasteiger partial charge in [0.1, 0.15) is 34.5 Å². The summed E-state index contributed by atoms with van der Waals surface area (Å²) < 4.78 is 35.5. The molecule has 2 aromatic heterocycles. The lowest BCUT2D eigenvalue weighted by molar-refractivity contribution is 0.0941. The van der Waals surface area contributed by atoms with Crippen LogP contribution in [0.4, 0.5) is 0 Å². The van der Waals surface area contributed by atoms with Crippen molar-refractivity contribution in [2.75, 3.05) is 26.2 Å². The van der Waals surface area contributed by atoms with Crippen LogP contribution < -0.4 is 49.7 Å². The lowest BCUT2D eigenvalue weighted by Gasteiger charge is -2.11. The Balaban J connectivity index is 0.000000232. The van der Waals surface area contributed by atoms with E-state index in [0.29, 0.717) is 107 Å². The molecule has 0 atom stereocenters. The van der Waals surface area contributed by atoms with Crippen LogP contribution in [0.2, 0.25) is 0 Å². The number of carbonyl (C=O) groups excluding carboxylic acids is 4. The third kappa shape index (κ3) is 20.7. The van der Waals surface area contributed by atoms with E-state index in [-0.39, 0.29) is 59.7 Å². The van der Waals surface area contributed by atoms with Gasteiger partial charge in [-0.2, -0.15) is 0 Å². The van der Waals surface area contributed by atoms with Gasteiger partial charge in [0.15, 0.2) is 0 Å². The number of amides is 4. The van der Waals surface area contributed by atoms with Crippen LogP contribution >= 0.6 is 0 Å². The smallest absolute Gasteiger partial charge is 0.331 e. The van der Waals surface area contributed by atoms with Crippen LogP contribution in [0.5, 0.6) is 70.6 Å². The second-order valence-electron chi connectivity index (χ2n) is 22.2. The molecule has 0 bridgehead atoms. The topological polar surface area (TPSA) is 249 Å². The largest absolute Gasteiger partial charge is 0.424 e. The number of benzene rings is 7. The minimum Gasteiger partial charge on any atom is -0.424 e. The molecule has 0 spiro atoms. The molecule has 89 heavy (non-hydrogen) atoms. The average Bonchev–Trinajstić information content (AvgIpc) is 3.46. The van der Waals surface area contributed by atoms with E-state index in [9.17, 15) is 19.2 Å². The summed E-state index contributed by atoms with van der Waals surface area (Å²) in [6, 6.07) is 51.1. The number of rotatable bonds is 25. The minimum atomic E-state index is -0.168. The molecule has 7 aromatic carbocycles. The Labute approximate surface area is 517 Å². The van der Waals surface area contributed by atoms with Crippen molar-refractivity contribution in [1.29, 1.82) is 0 Å². The molecule has 20 nitrogen and oxygen atoms in total. The van der Waals surface area contributed by atoms with E-state index in [1.54, 1.807) is 109 Å². The van der Waals surface area contributed by atoms with Gasteiger partial charge < -0.3 is 49.7 Å². The maximum absolute atomic E-state index is 12.4. The van der Waals surface area contributed by atoms with Crippen molar-refractivity contribution in [3.63, 3.8) is 0 Å². The fourth-order valence-corrected chi connectivity index (χ4v) is 7.79. The first-order valence-corrected chi connectivity index (χ1v) is 29.2. The molecule has 0 aliphatic heterocycles. The quantitative estimate of drug-likeness (QED) is 0.0415. The van der Waals surface area contributed by atoms with Crippen LogP contribution in [0.1, 0.15) is 102 Å². The number of aromatic nitrogens is 6. The Morgan fingerprint density at radius 1 is 0.292 bits per heavy atom. The fraction of sp³-hybridized carbons (Fsp3) is 0.246. The number of carbonyl (C=O) groups is 4. The predicted octanol–water partition coefficient (Wildman–Crippen LogP) is 14.0. The van der Waals surface area contributed by atoms with E-state index in [2.05, 4.69) is 51.2 Å². The highest BCUT2D eigenvalue weighted by molar-refractivity contribution is 5.96. The molecule has 0 fully saturated rings. The lowest BCUT2D eigenvalue weighted by Crippen LogP contribution is -2.27. The Bertz CT molecular complexity index is 3580. The van der Waals surface area contributed by atoms with Gasteiger partial charge >= 0.3 is 36.1 Å². The number of ether oxygens (including phenoxy) is 6. The zero-order chi connectivity index (χ0) is 63.2. The van der Waals surface area contributed by atoms with Gasteiger partial charge in [-0.25, -0.2) is 0 Å². The second-order valence-corrected chi connectivity index (χ2v) is 22.2. The Hall–Kier alpha value is -10.8. The summed E-state index contributed by atoms with van der Waals surface area (Å²) in [4.78, 5) is 75.5. The number of hydrogen-bond acceptors (Lipinski definition) is 16. The summed E-state index contributed by atoms with van der Waals surface area (Å²) in [5, 5.41) is 11.6. The molecule has 4 amide bonds. The van der Waals surface area contributed by atoms with Crippen molar-refractivity contribution >= 4 is 23.6 Å². The van der Waals surface area contributed by atoms with E-state index in [1.165, 1.54) is 0 Å². The van der Waals surface area contributed by atoms with Crippen molar-refractivity contribution in [1.82, 2.24) is 51.2 Å². The van der Waals surface area contributed by atoms with Crippen molar-refractivity contribution in [3.05, 3.63) is 204 Å². The molecular weight excluding hydrogens is 1130 g/mol. The summed E-state index contributed by atoms with van der Waals surface area (Å²) in [6.07, 6.45) is 0. The zero-order valence-electron chi connectivity index (χ0n) is 51.1. The highest BCUT2D eigenvalue weighted by atomic mass is 16.5. The van der Waals surface area contributed by atoms with Gasteiger partial charge in [-0.05, 0) is 163 Å². The van der Waals surface area contributed by atoms with E-state index in [4.69, 9.17) is 28.4 Å². The summed E-state index contributed by atoms with van der Waals surface area (Å²) in [7, 11) is 0. The monoisotopic (exact) mass is 1200 g/mol. The van der Waals surface area contributed by atoms with Gasteiger partial charge in [0, 0.05) is 48.4 Å². The molecule has 0 aliphatic rings. The third-order valence-corrected chi connectivity index (χ3v) is 12.5. The standard InChI is InChI=1S/C37H37N5O5.C32H35N5O5/c1-24(2)22-38-33(43)28-12-18-31(19-13-28)46-36-40-35(45-30-16-10-27(11-17-30)26-8-6-5-7-9-26)41-37(42-36)47-32-20-14-29(15-21-32)34(44)39-23-25(3)4;1-20(2)18-33-28(38)23-8-14-26(15-9-23)41-31-35-30(40-25-12-6-22(5)7-13-25)36-32(37-31)42-27-16-10-24(11-17-27)29(39)34-19-21(3)4/h5-21,24-25H,22-23H2,1-4H3,(H,38,43)(H,39,44);6-17,20-21H,18-19H2,1-5H3,(H,33,38)(H,34,39). The minimum absolute atomic E-state index is 0.0341. The first-order chi connectivity index (χ1) is 42.9. The molecule has 4 N–H and O–H groups in total. The van der Waals surface area contributed by atoms with Gasteiger partial charge in [0.25, 0.3) is 23.6 Å². The predicted molar refractivity (Wildman–Crippen MR) is 338 cm³/mol. The molecule has 20 heteroatoms. The number of nitrogens with one attached hydrogen (secondary N) is 4. The maximum atomic E-state index is 12.4. The van der Waals surface area contributed by atoms with Crippen LogP contribution in [0.3, 0.4) is 0 Å². The Morgan fingerprint density at radius 3 is 0.719 bits per heavy atom. The van der Waals surface area contributed by atoms with Crippen molar-refractivity contribution in [3.8, 4) is 81.7 Å². The van der Waals surface area contributed by atoms with Crippen LogP contribution in [-0.4, -0.2) is 79.7 Å². The molecule has 9 aromatic rings. The van der Waals surface area contributed by atoms with Crippen LogP contribution in [0, 0.1) is 30.6 Å². The molecule has 0 saturated carbocycles. The fourth-order valence-electron chi connectivity index (χ4n) is 7.79. The van der Waals surface area contributed by atoms with E-state index in [0.717, 1.165) is 16.7 Å². The first kappa shape index (κ1) is 64.2. The Kier molecular flexibility index (Phi) is 22.8. The molecule has 9 rings (SSSR count). The highest BCUT2D eigenvalue weighted by Crippen LogP contribution is 2.31. The van der Waals surface area contributed by atoms with Crippen molar-refractivity contribution in [2.24, 2.45) is 23.7 Å². The summed E-state index contributed by atoms with van der Waals surface area (Å²) in [5.74, 6) is 3.35. The van der Waals surface area contributed by atoms with Crippen LogP contribution in [0.25, 0.3) is 11.1 Å². The highest BCUT2D eigenvalue weighted by Gasteiger charge is 2.18. The zero-order valence-corrected chi connectivity index (χ0v) is 51.1. The molecule has 2 heterocycles. The number of nitrogens with zero attached hydrogens (tertiary/aromatic N) is 6. The van der Waals surface area contributed by atoms with E-state index in [1.807, 2.05) is 129 Å². The average molecular weight is 1200 g/mol. The summed E-state index contributed by atoms with van der Waals surface area (Å²) >= 11 is 0. The van der Waals surface area contributed by atoms with E-state index < -0.39 is 0 Å². The van der Waals surface area contributed by atoms with Gasteiger partial charge in [0.05, 0.1) is 0 Å². The molecule has 0 aliphatic carbocycles. The van der Waals surface area contributed by atoms with E-state index >= 15 is 0 Å². The van der Waals surface area contributed by atoms with Gasteiger partial charge in [-0.15, -0.1) is 29.9 Å². The maximum Gasteiger partial charge on any atom is 0.331 e. The molecular formula is C69H72N10O10. The van der Waals surface area contributed by atoms with Crippen molar-refractivity contribution < 1.29 is 47.6 Å². The van der Waals surface area contributed by atoms with Gasteiger partial charge in [0.2, 0.25) is 0 Å². The summed E-state index contributed by atoms with van der Waals surface area (Å²) in [6.45, 7) is 20.6. The molecule has 0 unspecified atom stereocenters. The number of aryl methyl sites for hydroxylation is 1. The van der Waals surface area contributed by atoms with Gasteiger partial charge in [-0.1, -0.05) is 116 Å². The Morgan fingerprint density at radius 2 is 0.494 bits per heavy atom. The third-order valence-electron chi connectivity index (χ3n) is 12.5. The normalized spacial score (nSPS) is 10.8. The summed E-state index contributed by atoms with van der Waals surface area (Å²) in [5.41, 5.74) is 5.21. The lowest BCUT2D eigenvalue weighted by atomic mass is 10.1. The SMILES string of the molecule is CC(C)CNC(=O)c1ccc(Oc2nc(Oc3ccc(C(=O)NCC(C)C)cc3)nc(Oc3ccc(-c4ccccc4)cc3)n2)cc1.Cc1ccc(Oc2nc(Oc3ccc(C(=O)NCC(C)C)cc3)nc(Oc3ccc(C(=O)NCC(C)C)cc3)n2)cc1. The van der Waals surface area contributed by atoms with Crippen LogP contribution in [-0.2, 0) is 0 Å². The molecule has 0 radical (unpaired) electrons. The van der Waals surface area contributed by atoms with Crippen LogP contribution in [0.15, 0.2) is 176 Å². The number of hydrogen-bond donors (Lipinski definition) is 4. The van der Waals surface area contributed by atoms with Crippen molar-refractivity contribution in [2.45, 2.75) is 62.3 Å².